The molecule has 1 heterocycles. The molecule has 4 heteroatoms. The van der Waals surface area contributed by atoms with E-state index in [2.05, 4.69) is 149 Å². The number of nitrogens with zero attached hydrogens (tertiary/aromatic N) is 2. The molecule has 0 bridgehead atoms. The number of benzene rings is 11. The molecule has 1 aliphatic rings. The monoisotopic (exact) mass is 874 g/mol. The van der Waals surface area contributed by atoms with Crippen molar-refractivity contribution in [1.82, 2.24) is 0 Å². The van der Waals surface area contributed by atoms with Crippen LogP contribution in [0.15, 0.2) is 261 Å². The van der Waals surface area contributed by atoms with Gasteiger partial charge in [0.2, 0.25) is 0 Å². The highest BCUT2D eigenvalue weighted by Crippen LogP contribution is 2.53. The molecule has 11 aromatic rings. The molecule has 0 unspecified atom stereocenters. The maximum atomic E-state index is 17.4. The highest BCUT2D eigenvalue weighted by Gasteiger charge is 2.28. The van der Waals surface area contributed by atoms with E-state index in [1.807, 2.05) is 115 Å². The van der Waals surface area contributed by atoms with Gasteiger partial charge < -0.3 is 14.5 Å². The number of ether oxygens (including phenoxy) is 1. The Morgan fingerprint density at radius 2 is 0.765 bits per heavy atom. The summed E-state index contributed by atoms with van der Waals surface area (Å²) in [4.78, 5) is 4.35. The molecule has 1 aliphatic heterocycles. The van der Waals surface area contributed by atoms with E-state index in [-0.39, 0.29) is 5.82 Å². The fourth-order valence-electron chi connectivity index (χ4n) is 9.68. The van der Waals surface area contributed by atoms with Crippen molar-refractivity contribution in [2.24, 2.45) is 0 Å². The summed E-state index contributed by atoms with van der Waals surface area (Å²) in [7, 11) is 0. The third kappa shape index (κ3) is 7.44. The van der Waals surface area contributed by atoms with Gasteiger partial charge in [0.25, 0.3) is 0 Å². The largest absolute Gasteiger partial charge is 0.456 e. The summed E-state index contributed by atoms with van der Waals surface area (Å²) in [5.74, 6) is 1.18. The average Bonchev–Trinajstić information content (AvgIpc) is 3.41. The van der Waals surface area contributed by atoms with Crippen LogP contribution in [-0.4, -0.2) is 0 Å². The van der Waals surface area contributed by atoms with E-state index in [9.17, 15) is 0 Å². The van der Waals surface area contributed by atoms with Gasteiger partial charge in [0.05, 0.1) is 11.4 Å². The Bertz CT molecular complexity index is 3480. The lowest BCUT2D eigenvalue weighted by atomic mass is 9.92. The predicted molar refractivity (Wildman–Crippen MR) is 281 cm³/mol. The van der Waals surface area contributed by atoms with Gasteiger partial charge in [-0.25, -0.2) is 4.39 Å². The van der Waals surface area contributed by atoms with Crippen molar-refractivity contribution < 1.29 is 9.13 Å². The summed E-state index contributed by atoms with van der Waals surface area (Å²) >= 11 is 0. The molecule has 0 amide bonds. The molecule has 12 rings (SSSR count). The first-order valence-electron chi connectivity index (χ1n) is 22.9. The molecule has 11 aromatic carbocycles. The van der Waals surface area contributed by atoms with Gasteiger partial charge in [-0.1, -0.05) is 182 Å². The molecule has 68 heavy (non-hydrogen) atoms. The summed E-state index contributed by atoms with van der Waals surface area (Å²) in [5.41, 5.74) is 15.3. The second kappa shape index (κ2) is 17.4. The second-order valence-electron chi connectivity index (χ2n) is 17.0. The number of fused-ring (bicyclic) bond motifs is 2. The van der Waals surface area contributed by atoms with E-state index < -0.39 is 0 Å². The van der Waals surface area contributed by atoms with Gasteiger partial charge in [-0.05, 0) is 117 Å². The first kappa shape index (κ1) is 40.5. The molecular formula is C64H43FN2O. The minimum Gasteiger partial charge on any atom is -0.456 e. The van der Waals surface area contributed by atoms with E-state index >= 15 is 4.39 Å². The Morgan fingerprint density at radius 1 is 0.294 bits per heavy atom. The fourth-order valence-corrected chi connectivity index (χ4v) is 9.68. The van der Waals surface area contributed by atoms with E-state index in [4.69, 9.17) is 4.74 Å². The van der Waals surface area contributed by atoms with Crippen LogP contribution in [-0.2, 0) is 0 Å². The topological polar surface area (TPSA) is 15.7 Å². The highest BCUT2D eigenvalue weighted by atomic mass is 19.1. The summed E-state index contributed by atoms with van der Waals surface area (Å²) in [5, 5.41) is 1.92. The van der Waals surface area contributed by atoms with Crippen molar-refractivity contribution in [3.8, 4) is 67.1 Å². The first-order chi connectivity index (χ1) is 33.6. The van der Waals surface area contributed by atoms with Crippen molar-refractivity contribution in [1.29, 1.82) is 0 Å². The minimum atomic E-state index is -0.322. The molecule has 0 aliphatic carbocycles. The Balaban J connectivity index is 0.986. The molecule has 0 spiro atoms. The molecule has 322 valence electrons. The van der Waals surface area contributed by atoms with Gasteiger partial charge in [-0.3, -0.25) is 0 Å². The van der Waals surface area contributed by atoms with Crippen molar-refractivity contribution in [3.05, 3.63) is 267 Å². The number of halogens is 1. The maximum absolute atomic E-state index is 17.4. The van der Waals surface area contributed by atoms with Crippen LogP contribution >= 0.6 is 0 Å². The zero-order chi connectivity index (χ0) is 45.4. The zero-order valence-corrected chi connectivity index (χ0v) is 37.0. The maximum Gasteiger partial charge on any atom is 0.148 e. The van der Waals surface area contributed by atoms with Crippen LogP contribution < -0.4 is 14.5 Å². The van der Waals surface area contributed by atoms with Gasteiger partial charge in [-0.15, -0.1) is 0 Å². The van der Waals surface area contributed by atoms with Crippen molar-refractivity contribution in [2.45, 2.75) is 0 Å². The normalized spacial score (nSPS) is 11.4. The van der Waals surface area contributed by atoms with Crippen LogP contribution in [0.25, 0.3) is 66.4 Å². The van der Waals surface area contributed by atoms with E-state index in [0.717, 1.165) is 95.2 Å². The van der Waals surface area contributed by atoms with Gasteiger partial charge >= 0.3 is 0 Å². The molecule has 0 saturated heterocycles. The first-order valence-corrected chi connectivity index (χ1v) is 22.9. The van der Waals surface area contributed by atoms with E-state index in [1.165, 1.54) is 11.1 Å². The third-order valence-electron chi connectivity index (χ3n) is 12.9. The molecule has 0 saturated carbocycles. The van der Waals surface area contributed by atoms with E-state index in [0.29, 0.717) is 5.69 Å². The number of hydrogen-bond donors (Lipinski definition) is 0. The lowest BCUT2D eigenvalue weighted by Gasteiger charge is -2.32. The summed E-state index contributed by atoms with van der Waals surface area (Å²) in [6.07, 6.45) is 0. The van der Waals surface area contributed by atoms with Crippen LogP contribution in [0.1, 0.15) is 0 Å². The number of anilines is 6. The van der Waals surface area contributed by atoms with Crippen molar-refractivity contribution >= 4 is 44.9 Å². The molecular weight excluding hydrogens is 832 g/mol. The summed E-state index contributed by atoms with van der Waals surface area (Å²) < 4.78 is 24.4. The standard InChI is InChI=1S/C64H43FN2O/c65-59-42-50(46-21-10-3-11-22-46)41-58(49-23-12-4-13-24-49)64(59)67(51-25-14-5-15-26-51)60-40-39-56-55-38-37-54(43-62(55)68-61-28-16-27-57(60)63(56)61)66(52-33-29-47(30-34-52)44-17-6-1-7-18-44)53-35-31-48(32-36-53)45-19-8-2-9-20-45/h1-43H. The number of rotatable bonds is 10. The van der Waals surface area contributed by atoms with E-state index in [1.54, 1.807) is 6.07 Å². The summed E-state index contributed by atoms with van der Waals surface area (Å²) in [6, 6.07) is 89.3. The molecule has 0 radical (unpaired) electrons. The zero-order valence-electron chi connectivity index (χ0n) is 37.0. The van der Waals surface area contributed by atoms with Crippen molar-refractivity contribution in [3.63, 3.8) is 0 Å². The molecule has 3 nitrogen and oxygen atoms in total. The van der Waals surface area contributed by atoms with Crippen LogP contribution in [0.2, 0.25) is 0 Å². The quantitative estimate of drug-likeness (QED) is 0.136. The SMILES string of the molecule is Fc1cc(-c2ccccc2)cc(-c2ccccc2)c1N(c1ccccc1)c1ccc2c3c(cccc13)Oc1cc(N(c3ccc(-c4ccccc4)cc3)c3ccc(-c4ccccc4)cc3)ccc1-2. The van der Waals surface area contributed by atoms with Crippen LogP contribution in [0, 0.1) is 5.82 Å². The van der Waals surface area contributed by atoms with Gasteiger partial charge in [0, 0.05) is 50.7 Å². The van der Waals surface area contributed by atoms with Gasteiger partial charge in [0.1, 0.15) is 17.3 Å². The van der Waals surface area contributed by atoms with Crippen LogP contribution in [0.4, 0.5) is 38.5 Å². The predicted octanol–water partition coefficient (Wildman–Crippen LogP) is 18.4. The highest BCUT2D eigenvalue weighted by molar-refractivity contribution is 6.12. The average molecular weight is 875 g/mol. The fraction of sp³-hybridized carbons (Fsp3) is 0. The molecule has 0 aromatic heterocycles. The van der Waals surface area contributed by atoms with Gasteiger partial charge in [-0.2, -0.15) is 0 Å². The third-order valence-corrected chi connectivity index (χ3v) is 12.9. The number of para-hydroxylation sites is 1. The van der Waals surface area contributed by atoms with Crippen LogP contribution in [0.5, 0.6) is 11.5 Å². The Labute approximate surface area is 395 Å². The lowest BCUT2D eigenvalue weighted by Crippen LogP contribution is -2.14. The lowest BCUT2D eigenvalue weighted by molar-refractivity contribution is 0.487. The molecule has 0 fully saturated rings. The summed E-state index contributed by atoms with van der Waals surface area (Å²) in [6.45, 7) is 0. The molecule has 0 N–H and O–H groups in total. The minimum absolute atomic E-state index is 0.322. The van der Waals surface area contributed by atoms with Crippen LogP contribution in [0.3, 0.4) is 0 Å². The molecule has 0 atom stereocenters. The Morgan fingerprint density at radius 3 is 1.34 bits per heavy atom. The van der Waals surface area contributed by atoms with Crippen molar-refractivity contribution in [2.75, 3.05) is 9.80 Å². The Hall–Kier alpha value is -8.99. The Kier molecular flexibility index (Phi) is 10.4. The second-order valence-corrected chi connectivity index (χ2v) is 17.0. The van der Waals surface area contributed by atoms with Gasteiger partial charge in [0.15, 0.2) is 0 Å². The number of hydrogen-bond acceptors (Lipinski definition) is 3. The smallest absolute Gasteiger partial charge is 0.148 e.